The van der Waals surface area contributed by atoms with Gasteiger partial charge in [-0.1, -0.05) is 46.3 Å². The van der Waals surface area contributed by atoms with Gasteiger partial charge in [-0.05, 0) is 29.8 Å². The third-order valence-corrected chi connectivity index (χ3v) is 3.90. The Morgan fingerprint density at radius 1 is 0.957 bits per heavy atom. The zero-order valence-corrected chi connectivity index (χ0v) is 13.8. The molecule has 2 rings (SSSR count). The Labute approximate surface area is 141 Å². The van der Waals surface area contributed by atoms with Crippen LogP contribution in [0.2, 0.25) is 0 Å². The largest absolute Gasteiger partial charge is 0.457 e. The van der Waals surface area contributed by atoms with E-state index in [0.29, 0.717) is 11.5 Å². The van der Waals surface area contributed by atoms with Crippen LogP contribution >= 0.6 is 15.9 Å². The van der Waals surface area contributed by atoms with Gasteiger partial charge >= 0.3 is 6.18 Å². The van der Waals surface area contributed by atoms with Gasteiger partial charge in [-0.15, -0.1) is 0 Å². The zero-order valence-electron chi connectivity index (χ0n) is 12.2. The fourth-order valence-corrected chi connectivity index (χ4v) is 2.42. The first-order valence-electron chi connectivity index (χ1n) is 7.01. The van der Waals surface area contributed by atoms with E-state index in [-0.39, 0.29) is 18.5 Å². The van der Waals surface area contributed by atoms with E-state index >= 15 is 0 Å². The molecule has 0 saturated heterocycles. The van der Waals surface area contributed by atoms with Crippen LogP contribution in [-0.4, -0.2) is 18.1 Å². The van der Waals surface area contributed by atoms with E-state index in [1.807, 2.05) is 30.3 Å². The minimum atomic E-state index is -4.26. The van der Waals surface area contributed by atoms with Gasteiger partial charge in [0.2, 0.25) is 0 Å². The molecule has 0 radical (unpaired) electrons. The van der Waals surface area contributed by atoms with Crippen molar-refractivity contribution in [2.24, 2.45) is 5.92 Å². The normalized spacial score (nSPS) is 12.9. The van der Waals surface area contributed by atoms with Crippen LogP contribution in [0.15, 0.2) is 54.6 Å². The van der Waals surface area contributed by atoms with Crippen molar-refractivity contribution in [3.05, 3.63) is 60.2 Å². The molecular formula is C17H16BrF3O2. The standard InChI is InChI=1S/C17H16BrF3O2/c18-10-14(17(19,20)21)12-22-11-13-5-4-8-16(9-13)23-15-6-2-1-3-7-15/h1-9,14H,10-12H2. The molecule has 0 N–H and O–H groups in total. The lowest BCUT2D eigenvalue weighted by atomic mass is 10.2. The first kappa shape index (κ1) is 17.8. The lowest BCUT2D eigenvalue weighted by Gasteiger charge is -2.17. The van der Waals surface area contributed by atoms with Crippen LogP contribution in [0.5, 0.6) is 11.5 Å². The van der Waals surface area contributed by atoms with Gasteiger partial charge in [0.25, 0.3) is 0 Å². The SMILES string of the molecule is FC(F)(F)C(CBr)COCc1cccc(Oc2ccccc2)c1. The Hall–Kier alpha value is -1.53. The number of hydrogen-bond acceptors (Lipinski definition) is 2. The van der Waals surface area contributed by atoms with E-state index < -0.39 is 12.1 Å². The third kappa shape index (κ3) is 5.88. The number of hydrogen-bond donors (Lipinski definition) is 0. The number of halogens is 4. The monoisotopic (exact) mass is 388 g/mol. The van der Waals surface area contributed by atoms with Crippen molar-refractivity contribution in [1.82, 2.24) is 0 Å². The first-order chi connectivity index (χ1) is 11.0. The molecule has 2 nitrogen and oxygen atoms in total. The Morgan fingerprint density at radius 3 is 2.30 bits per heavy atom. The van der Waals surface area contributed by atoms with Crippen molar-refractivity contribution in [2.45, 2.75) is 12.8 Å². The van der Waals surface area contributed by atoms with Crippen molar-refractivity contribution in [3.63, 3.8) is 0 Å². The molecule has 0 bridgehead atoms. The molecule has 2 aromatic carbocycles. The van der Waals surface area contributed by atoms with Crippen LogP contribution in [0.1, 0.15) is 5.56 Å². The number of ether oxygens (including phenoxy) is 2. The second-order valence-corrected chi connectivity index (χ2v) is 5.62. The maximum Gasteiger partial charge on any atom is 0.394 e. The minimum Gasteiger partial charge on any atom is -0.457 e. The number of alkyl halides is 4. The van der Waals surface area contributed by atoms with Crippen molar-refractivity contribution in [2.75, 3.05) is 11.9 Å². The molecule has 1 unspecified atom stereocenters. The fraction of sp³-hybridized carbons (Fsp3) is 0.294. The highest BCUT2D eigenvalue weighted by atomic mass is 79.9. The molecule has 0 aliphatic heterocycles. The summed E-state index contributed by atoms with van der Waals surface area (Å²) >= 11 is 2.87. The maximum atomic E-state index is 12.6. The predicted octanol–water partition coefficient (Wildman–Crippen LogP) is 5.57. The molecular weight excluding hydrogens is 373 g/mol. The molecule has 0 amide bonds. The second-order valence-electron chi connectivity index (χ2n) is 4.97. The van der Waals surface area contributed by atoms with E-state index in [4.69, 9.17) is 9.47 Å². The third-order valence-electron chi connectivity index (χ3n) is 3.11. The van der Waals surface area contributed by atoms with Gasteiger partial charge in [0.1, 0.15) is 11.5 Å². The molecule has 0 aliphatic carbocycles. The summed E-state index contributed by atoms with van der Waals surface area (Å²) in [4.78, 5) is 0. The molecule has 124 valence electrons. The molecule has 23 heavy (non-hydrogen) atoms. The van der Waals surface area contributed by atoms with E-state index in [2.05, 4.69) is 15.9 Å². The topological polar surface area (TPSA) is 18.5 Å². The van der Waals surface area contributed by atoms with Crippen LogP contribution in [-0.2, 0) is 11.3 Å². The highest BCUT2D eigenvalue weighted by Gasteiger charge is 2.38. The predicted molar refractivity (Wildman–Crippen MR) is 86.0 cm³/mol. The highest BCUT2D eigenvalue weighted by molar-refractivity contribution is 9.09. The van der Waals surface area contributed by atoms with Crippen LogP contribution in [0.4, 0.5) is 13.2 Å². The molecule has 6 heteroatoms. The molecule has 0 spiro atoms. The van der Waals surface area contributed by atoms with Crippen molar-refractivity contribution < 1.29 is 22.6 Å². The van der Waals surface area contributed by atoms with E-state index in [1.165, 1.54) is 0 Å². The summed E-state index contributed by atoms with van der Waals surface area (Å²) in [5.41, 5.74) is 0.758. The van der Waals surface area contributed by atoms with Crippen molar-refractivity contribution in [3.8, 4) is 11.5 Å². The lowest BCUT2D eigenvalue weighted by Crippen LogP contribution is -2.28. The molecule has 0 aromatic heterocycles. The maximum absolute atomic E-state index is 12.6. The number of para-hydroxylation sites is 1. The Bertz CT molecular complexity index is 602. The Kier molecular flexibility index (Phi) is 6.47. The highest BCUT2D eigenvalue weighted by Crippen LogP contribution is 2.28. The molecule has 1 atom stereocenters. The summed E-state index contributed by atoms with van der Waals surface area (Å²) in [6.07, 6.45) is -4.26. The second kappa shape index (κ2) is 8.36. The van der Waals surface area contributed by atoms with Gasteiger partial charge in [-0.3, -0.25) is 0 Å². The smallest absolute Gasteiger partial charge is 0.394 e. The first-order valence-corrected chi connectivity index (χ1v) is 8.13. The van der Waals surface area contributed by atoms with Gasteiger partial charge < -0.3 is 9.47 Å². The van der Waals surface area contributed by atoms with Gasteiger partial charge in [0.05, 0.1) is 19.1 Å². The van der Waals surface area contributed by atoms with Gasteiger partial charge in [-0.2, -0.15) is 13.2 Å². The van der Waals surface area contributed by atoms with E-state index in [9.17, 15) is 13.2 Å². The van der Waals surface area contributed by atoms with E-state index in [0.717, 1.165) is 5.56 Å². The van der Waals surface area contributed by atoms with Crippen molar-refractivity contribution >= 4 is 15.9 Å². The molecule has 0 fully saturated rings. The Morgan fingerprint density at radius 2 is 1.65 bits per heavy atom. The molecule has 0 heterocycles. The summed E-state index contributed by atoms with van der Waals surface area (Å²) in [7, 11) is 0. The minimum absolute atomic E-state index is 0.103. The fourth-order valence-electron chi connectivity index (χ4n) is 1.87. The molecule has 2 aromatic rings. The molecule has 0 saturated carbocycles. The summed E-state index contributed by atoms with van der Waals surface area (Å²) in [6.45, 7) is -0.274. The number of benzene rings is 2. The quantitative estimate of drug-likeness (QED) is 0.577. The van der Waals surface area contributed by atoms with Crippen LogP contribution < -0.4 is 4.74 Å². The van der Waals surface area contributed by atoms with Crippen LogP contribution in [0.3, 0.4) is 0 Å². The zero-order chi connectivity index (χ0) is 16.7. The summed E-state index contributed by atoms with van der Waals surface area (Å²) in [5.74, 6) is -0.196. The molecule has 0 aliphatic rings. The van der Waals surface area contributed by atoms with Gasteiger partial charge in [0, 0.05) is 5.33 Å². The van der Waals surface area contributed by atoms with Gasteiger partial charge in [-0.25, -0.2) is 0 Å². The van der Waals surface area contributed by atoms with Gasteiger partial charge in [0.15, 0.2) is 0 Å². The Balaban J connectivity index is 1.90. The summed E-state index contributed by atoms with van der Waals surface area (Å²) in [6, 6.07) is 16.4. The van der Waals surface area contributed by atoms with Crippen LogP contribution in [0.25, 0.3) is 0 Å². The number of rotatable bonds is 7. The van der Waals surface area contributed by atoms with Crippen molar-refractivity contribution in [1.29, 1.82) is 0 Å². The van der Waals surface area contributed by atoms with Crippen LogP contribution in [0, 0.1) is 5.92 Å². The lowest BCUT2D eigenvalue weighted by molar-refractivity contribution is -0.181. The van der Waals surface area contributed by atoms with E-state index in [1.54, 1.807) is 24.3 Å². The summed E-state index contributed by atoms with van der Waals surface area (Å²) in [5, 5.41) is -0.173. The average molecular weight is 389 g/mol. The summed E-state index contributed by atoms with van der Waals surface area (Å²) < 4.78 is 48.7. The average Bonchev–Trinajstić information content (AvgIpc) is 2.52.